The van der Waals surface area contributed by atoms with Crippen LogP contribution in [0.1, 0.15) is 12.8 Å². The van der Waals surface area contributed by atoms with Gasteiger partial charge in [0.15, 0.2) is 0 Å². The van der Waals surface area contributed by atoms with Gasteiger partial charge in [0.1, 0.15) is 0 Å². The number of likely N-dealkylation sites (tertiary alicyclic amines) is 1. The van der Waals surface area contributed by atoms with Gasteiger partial charge in [-0.25, -0.2) is 0 Å². The molecule has 0 saturated carbocycles. The fraction of sp³-hybridized carbons (Fsp3) is 0.500. The first-order chi connectivity index (χ1) is 8.56. The summed E-state index contributed by atoms with van der Waals surface area (Å²) in [5, 5.41) is 13.9. The number of nitrogens with zero attached hydrogens (tertiary/aromatic N) is 2. The first-order valence-corrected chi connectivity index (χ1v) is 5.95. The molecule has 1 aromatic carbocycles. The number of nitro benzene ring substituents is 1. The number of hydrogen-bond acceptors (Lipinski definition) is 4. The van der Waals surface area contributed by atoms with Crippen LogP contribution in [-0.2, 0) is 0 Å². The van der Waals surface area contributed by atoms with Gasteiger partial charge in [0, 0.05) is 17.8 Å². The van der Waals surface area contributed by atoms with Gasteiger partial charge < -0.3 is 10.2 Å². The van der Waals surface area contributed by atoms with E-state index in [0.717, 1.165) is 32.0 Å². The second-order valence-corrected chi connectivity index (χ2v) is 4.65. The Morgan fingerprint density at radius 2 is 2.11 bits per heavy atom. The molecule has 98 valence electrons. The van der Waals surface area contributed by atoms with Gasteiger partial charge in [-0.1, -0.05) is 0 Å². The molecule has 0 unspecified atom stereocenters. The molecule has 0 aromatic heterocycles. The van der Waals surface area contributed by atoms with Crippen molar-refractivity contribution >= 4 is 11.4 Å². The van der Waals surface area contributed by atoms with E-state index in [0.29, 0.717) is 11.7 Å². The standard InChI is InChI=1S/C12H16FN3O2/c1-15-6-4-9(5-7-15)14-10-2-3-11(13)12(8-10)16(17)18/h2-3,8-9,14H,4-7H2,1H3. The number of halogens is 1. The van der Waals surface area contributed by atoms with E-state index in [1.54, 1.807) is 6.07 Å². The topological polar surface area (TPSA) is 58.4 Å². The zero-order chi connectivity index (χ0) is 13.1. The summed E-state index contributed by atoms with van der Waals surface area (Å²) in [6, 6.07) is 4.23. The zero-order valence-electron chi connectivity index (χ0n) is 10.2. The van der Waals surface area contributed by atoms with Crippen molar-refractivity contribution in [1.82, 2.24) is 4.90 Å². The van der Waals surface area contributed by atoms with Gasteiger partial charge in [0.05, 0.1) is 4.92 Å². The molecule has 2 rings (SSSR count). The summed E-state index contributed by atoms with van der Waals surface area (Å²) in [7, 11) is 2.07. The highest BCUT2D eigenvalue weighted by atomic mass is 19.1. The van der Waals surface area contributed by atoms with Crippen molar-refractivity contribution in [3.63, 3.8) is 0 Å². The zero-order valence-corrected chi connectivity index (χ0v) is 10.2. The molecule has 1 heterocycles. The van der Waals surface area contributed by atoms with E-state index in [2.05, 4.69) is 17.3 Å². The summed E-state index contributed by atoms with van der Waals surface area (Å²) in [4.78, 5) is 12.2. The van der Waals surface area contributed by atoms with Gasteiger partial charge in [-0.05, 0) is 45.1 Å². The summed E-state index contributed by atoms with van der Waals surface area (Å²) in [6.07, 6.45) is 1.98. The molecule has 0 atom stereocenters. The highest BCUT2D eigenvalue weighted by Gasteiger charge is 2.19. The molecule has 6 heteroatoms. The van der Waals surface area contributed by atoms with Crippen molar-refractivity contribution in [2.45, 2.75) is 18.9 Å². The van der Waals surface area contributed by atoms with E-state index < -0.39 is 16.4 Å². The Morgan fingerprint density at radius 1 is 1.44 bits per heavy atom. The molecular weight excluding hydrogens is 237 g/mol. The fourth-order valence-electron chi connectivity index (χ4n) is 2.13. The largest absolute Gasteiger partial charge is 0.382 e. The molecule has 1 aliphatic heterocycles. The smallest absolute Gasteiger partial charge is 0.306 e. The highest BCUT2D eigenvalue weighted by Crippen LogP contribution is 2.23. The fourth-order valence-corrected chi connectivity index (χ4v) is 2.13. The van der Waals surface area contributed by atoms with Gasteiger partial charge in [-0.3, -0.25) is 10.1 Å². The molecule has 0 radical (unpaired) electrons. The third kappa shape index (κ3) is 2.95. The van der Waals surface area contributed by atoms with Gasteiger partial charge in [0.2, 0.25) is 5.82 Å². The van der Waals surface area contributed by atoms with Gasteiger partial charge in [0.25, 0.3) is 0 Å². The summed E-state index contributed by atoms with van der Waals surface area (Å²) in [5.74, 6) is -0.797. The Hall–Kier alpha value is -1.69. The average Bonchev–Trinajstić information content (AvgIpc) is 2.34. The molecule has 0 bridgehead atoms. The van der Waals surface area contributed by atoms with Crippen molar-refractivity contribution in [3.05, 3.63) is 34.1 Å². The SMILES string of the molecule is CN1CCC(Nc2ccc(F)c([N+](=O)[O-])c2)CC1. The van der Waals surface area contributed by atoms with Crippen LogP contribution >= 0.6 is 0 Å². The van der Waals surface area contributed by atoms with Crippen LogP contribution in [0.5, 0.6) is 0 Å². The molecule has 0 aliphatic carbocycles. The monoisotopic (exact) mass is 253 g/mol. The predicted octanol–water partition coefficient (Wildman–Crippen LogP) is 2.24. The van der Waals surface area contributed by atoms with Crippen LogP contribution in [0.4, 0.5) is 15.8 Å². The number of anilines is 1. The van der Waals surface area contributed by atoms with E-state index >= 15 is 0 Å². The Labute approximate surface area is 105 Å². The Balaban J connectivity index is 2.05. The van der Waals surface area contributed by atoms with E-state index in [1.165, 1.54) is 6.07 Å². The van der Waals surface area contributed by atoms with Crippen molar-refractivity contribution in [3.8, 4) is 0 Å². The molecule has 0 spiro atoms. The Kier molecular flexibility index (Phi) is 3.76. The molecular formula is C12H16FN3O2. The lowest BCUT2D eigenvalue weighted by Crippen LogP contribution is -2.36. The first-order valence-electron chi connectivity index (χ1n) is 5.95. The van der Waals surface area contributed by atoms with Crippen LogP contribution in [0.15, 0.2) is 18.2 Å². The van der Waals surface area contributed by atoms with E-state index in [-0.39, 0.29) is 0 Å². The number of benzene rings is 1. The van der Waals surface area contributed by atoms with E-state index in [4.69, 9.17) is 0 Å². The first kappa shape index (κ1) is 12.8. The Bertz CT molecular complexity index is 445. The van der Waals surface area contributed by atoms with E-state index in [1.807, 2.05) is 0 Å². The number of hydrogen-bond donors (Lipinski definition) is 1. The number of nitro groups is 1. The molecule has 1 fully saturated rings. The number of piperidine rings is 1. The highest BCUT2D eigenvalue weighted by molar-refractivity contribution is 5.52. The van der Waals surface area contributed by atoms with Gasteiger partial charge in [-0.15, -0.1) is 0 Å². The van der Waals surface area contributed by atoms with Crippen LogP contribution in [0.3, 0.4) is 0 Å². The van der Waals surface area contributed by atoms with Crippen LogP contribution in [0.25, 0.3) is 0 Å². The van der Waals surface area contributed by atoms with Gasteiger partial charge in [-0.2, -0.15) is 4.39 Å². The lowest BCUT2D eigenvalue weighted by atomic mass is 10.1. The summed E-state index contributed by atoms with van der Waals surface area (Å²) >= 11 is 0. The normalized spacial score (nSPS) is 17.7. The quantitative estimate of drug-likeness (QED) is 0.663. The maximum atomic E-state index is 13.2. The van der Waals surface area contributed by atoms with E-state index in [9.17, 15) is 14.5 Å². The lowest BCUT2D eigenvalue weighted by Gasteiger charge is -2.30. The summed E-state index contributed by atoms with van der Waals surface area (Å²) < 4.78 is 13.2. The predicted molar refractivity (Wildman–Crippen MR) is 67.2 cm³/mol. The molecule has 1 N–H and O–H groups in total. The molecule has 5 nitrogen and oxygen atoms in total. The minimum atomic E-state index is -0.797. The van der Waals surface area contributed by atoms with Crippen LogP contribution in [0.2, 0.25) is 0 Å². The van der Waals surface area contributed by atoms with Gasteiger partial charge >= 0.3 is 5.69 Å². The molecule has 1 aromatic rings. The molecule has 1 aliphatic rings. The van der Waals surface area contributed by atoms with Crippen molar-refractivity contribution in [2.75, 3.05) is 25.5 Å². The summed E-state index contributed by atoms with van der Waals surface area (Å²) in [6.45, 7) is 2.00. The van der Waals surface area contributed by atoms with Crippen molar-refractivity contribution in [1.29, 1.82) is 0 Å². The molecule has 1 saturated heterocycles. The second kappa shape index (κ2) is 5.30. The number of nitrogens with one attached hydrogen (secondary N) is 1. The van der Waals surface area contributed by atoms with Crippen LogP contribution in [0, 0.1) is 15.9 Å². The van der Waals surface area contributed by atoms with Crippen LogP contribution < -0.4 is 5.32 Å². The second-order valence-electron chi connectivity index (χ2n) is 4.65. The third-order valence-electron chi connectivity index (χ3n) is 3.23. The summed E-state index contributed by atoms with van der Waals surface area (Å²) in [5.41, 5.74) is 0.130. The molecule has 0 amide bonds. The third-order valence-corrected chi connectivity index (χ3v) is 3.23. The van der Waals surface area contributed by atoms with Crippen LogP contribution in [-0.4, -0.2) is 36.0 Å². The average molecular weight is 253 g/mol. The van der Waals surface area contributed by atoms with Crippen molar-refractivity contribution < 1.29 is 9.31 Å². The minimum Gasteiger partial charge on any atom is -0.382 e. The molecule has 18 heavy (non-hydrogen) atoms. The maximum Gasteiger partial charge on any atom is 0.306 e. The number of rotatable bonds is 3. The lowest BCUT2D eigenvalue weighted by molar-refractivity contribution is -0.387. The minimum absolute atomic E-state index is 0.297. The van der Waals surface area contributed by atoms with Crippen molar-refractivity contribution in [2.24, 2.45) is 0 Å². The Morgan fingerprint density at radius 3 is 2.72 bits per heavy atom. The maximum absolute atomic E-state index is 13.2.